The molecule has 2 fully saturated rings. The SMILES string of the molecule is CC(C)[C@@]12C=C[C@@](C)(CC1)C[C@@H]1C(=O)OC(=O)[C@@H]1C2. The van der Waals surface area contributed by atoms with Gasteiger partial charge in [-0.05, 0) is 42.4 Å². The van der Waals surface area contributed by atoms with E-state index in [2.05, 4.69) is 32.9 Å². The number of hydrogen-bond donors (Lipinski definition) is 0. The highest BCUT2D eigenvalue weighted by Gasteiger charge is 2.53. The molecule has 1 saturated carbocycles. The summed E-state index contributed by atoms with van der Waals surface area (Å²) in [6, 6.07) is 0. The quantitative estimate of drug-likeness (QED) is 0.414. The molecule has 0 N–H and O–H groups in total. The summed E-state index contributed by atoms with van der Waals surface area (Å²) in [4.78, 5) is 23.9. The van der Waals surface area contributed by atoms with Crippen molar-refractivity contribution in [2.45, 2.75) is 46.5 Å². The number of hydrogen-bond acceptors (Lipinski definition) is 3. The third-order valence-electron chi connectivity index (χ3n) is 5.71. The fourth-order valence-corrected chi connectivity index (χ4v) is 4.05. The lowest BCUT2D eigenvalue weighted by molar-refractivity contribution is -0.154. The molecule has 0 radical (unpaired) electrons. The van der Waals surface area contributed by atoms with Crippen LogP contribution in [-0.2, 0) is 14.3 Å². The first kappa shape index (κ1) is 12.9. The number of carbonyl (C=O) groups is 2. The zero-order chi connectivity index (χ0) is 13.8. The number of esters is 2. The van der Waals surface area contributed by atoms with Gasteiger partial charge in [-0.1, -0.05) is 32.9 Å². The van der Waals surface area contributed by atoms with Crippen molar-refractivity contribution in [1.29, 1.82) is 0 Å². The summed E-state index contributed by atoms with van der Waals surface area (Å²) in [5.74, 6) is -0.549. The Hall–Kier alpha value is -1.12. The molecule has 0 aromatic carbocycles. The molecule has 1 heterocycles. The third kappa shape index (κ3) is 1.86. The molecular weight excluding hydrogens is 240 g/mol. The highest BCUT2D eigenvalue weighted by Crippen LogP contribution is 2.55. The van der Waals surface area contributed by atoms with Gasteiger partial charge in [-0.3, -0.25) is 9.59 Å². The molecule has 3 nitrogen and oxygen atoms in total. The summed E-state index contributed by atoms with van der Waals surface area (Å²) in [6.07, 6.45) is 8.37. The van der Waals surface area contributed by atoms with E-state index >= 15 is 0 Å². The Morgan fingerprint density at radius 2 is 1.74 bits per heavy atom. The van der Waals surface area contributed by atoms with E-state index in [1.165, 1.54) is 0 Å². The second-order valence-electron chi connectivity index (χ2n) is 7.24. The van der Waals surface area contributed by atoms with Crippen LogP contribution in [0.3, 0.4) is 0 Å². The smallest absolute Gasteiger partial charge is 0.317 e. The Bertz CT molecular complexity index is 465. The summed E-state index contributed by atoms with van der Waals surface area (Å²) in [7, 11) is 0. The molecule has 0 spiro atoms. The fourth-order valence-electron chi connectivity index (χ4n) is 4.05. The highest BCUT2D eigenvalue weighted by molar-refractivity contribution is 5.96. The van der Waals surface area contributed by atoms with Gasteiger partial charge in [0.15, 0.2) is 0 Å². The molecule has 104 valence electrons. The maximum Gasteiger partial charge on any atom is 0.317 e. The van der Waals surface area contributed by atoms with Gasteiger partial charge < -0.3 is 4.74 Å². The van der Waals surface area contributed by atoms with Crippen molar-refractivity contribution in [3.8, 4) is 0 Å². The molecule has 2 bridgehead atoms. The van der Waals surface area contributed by atoms with Gasteiger partial charge in [-0.2, -0.15) is 0 Å². The van der Waals surface area contributed by atoms with E-state index in [9.17, 15) is 9.59 Å². The minimum Gasteiger partial charge on any atom is -0.393 e. The van der Waals surface area contributed by atoms with Gasteiger partial charge in [0, 0.05) is 0 Å². The van der Waals surface area contributed by atoms with Gasteiger partial charge in [0.25, 0.3) is 0 Å². The number of rotatable bonds is 1. The summed E-state index contributed by atoms with van der Waals surface area (Å²) in [6.45, 7) is 6.63. The van der Waals surface area contributed by atoms with Crippen molar-refractivity contribution in [2.75, 3.05) is 0 Å². The van der Waals surface area contributed by atoms with Crippen LogP contribution in [0.2, 0.25) is 0 Å². The van der Waals surface area contributed by atoms with Crippen molar-refractivity contribution >= 4 is 11.9 Å². The van der Waals surface area contributed by atoms with Crippen LogP contribution in [-0.4, -0.2) is 11.9 Å². The molecule has 4 atom stereocenters. The molecule has 0 aromatic rings. The van der Waals surface area contributed by atoms with Crippen LogP contribution in [0.4, 0.5) is 0 Å². The van der Waals surface area contributed by atoms with Gasteiger partial charge in [0.05, 0.1) is 11.8 Å². The second-order valence-corrected chi connectivity index (χ2v) is 7.24. The Labute approximate surface area is 114 Å². The summed E-state index contributed by atoms with van der Waals surface area (Å²) in [5.41, 5.74) is 0.109. The van der Waals surface area contributed by atoms with Gasteiger partial charge in [-0.25, -0.2) is 0 Å². The Morgan fingerprint density at radius 1 is 1.11 bits per heavy atom. The van der Waals surface area contributed by atoms with Crippen LogP contribution in [0.5, 0.6) is 0 Å². The standard InChI is InChI=1S/C16H22O3/c1-10(2)16-6-4-15(3,5-7-16)8-11-12(9-16)14(18)19-13(11)17/h4,6,10-12H,5,7-9H2,1-3H3/t11-,12+,15-,16-/m0/s1. The Morgan fingerprint density at radius 3 is 2.26 bits per heavy atom. The number of ether oxygens (including phenoxy) is 1. The number of carbonyl (C=O) groups excluding carboxylic acids is 2. The first-order valence-electron chi connectivity index (χ1n) is 7.31. The summed E-state index contributed by atoms with van der Waals surface area (Å²) < 4.78 is 4.91. The van der Waals surface area contributed by atoms with E-state index in [1.54, 1.807) is 0 Å². The van der Waals surface area contributed by atoms with Gasteiger partial charge in [0.2, 0.25) is 0 Å². The number of fused-ring (bicyclic) bond motifs is 1. The van der Waals surface area contributed by atoms with Crippen molar-refractivity contribution in [1.82, 2.24) is 0 Å². The van der Waals surface area contributed by atoms with E-state index < -0.39 is 0 Å². The minimum absolute atomic E-state index is 0.0470. The lowest BCUT2D eigenvalue weighted by atomic mass is 9.56. The lowest BCUT2D eigenvalue weighted by Crippen LogP contribution is -2.41. The zero-order valence-electron chi connectivity index (χ0n) is 11.9. The van der Waals surface area contributed by atoms with Crippen molar-refractivity contribution in [2.24, 2.45) is 28.6 Å². The maximum absolute atomic E-state index is 12.0. The molecule has 4 aliphatic rings. The number of cyclic esters (lactones) is 2. The molecule has 3 aliphatic carbocycles. The highest BCUT2D eigenvalue weighted by atomic mass is 16.6. The topological polar surface area (TPSA) is 43.4 Å². The molecule has 1 aliphatic heterocycles. The molecule has 1 saturated heterocycles. The Balaban J connectivity index is 2.04. The van der Waals surface area contributed by atoms with E-state index in [4.69, 9.17) is 4.74 Å². The van der Waals surface area contributed by atoms with Crippen LogP contribution in [0.25, 0.3) is 0 Å². The first-order valence-corrected chi connectivity index (χ1v) is 7.31. The lowest BCUT2D eigenvalue weighted by Gasteiger charge is -2.47. The normalized spacial score (nSPS) is 45.1. The van der Waals surface area contributed by atoms with Crippen LogP contribution in [0, 0.1) is 28.6 Å². The van der Waals surface area contributed by atoms with E-state index in [1.807, 2.05) is 0 Å². The molecule has 0 unspecified atom stereocenters. The van der Waals surface area contributed by atoms with Crippen molar-refractivity contribution in [3.63, 3.8) is 0 Å². The van der Waals surface area contributed by atoms with Crippen molar-refractivity contribution in [3.05, 3.63) is 12.2 Å². The van der Waals surface area contributed by atoms with Crippen LogP contribution >= 0.6 is 0 Å². The van der Waals surface area contributed by atoms with Crippen molar-refractivity contribution < 1.29 is 14.3 Å². The summed E-state index contributed by atoms with van der Waals surface area (Å²) >= 11 is 0. The zero-order valence-corrected chi connectivity index (χ0v) is 11.9. The van der Waals surface area contributed by atoms with Crippen LogP contribution < -0.4 is 0 Å². The van der Waals surface area contributed by atoms with Crippen LogP contribution in [0.1, 0.15) is 46.5 Å². The predicted octanol–water partition coefficient (Wildman–Crippen LogP) is 3.09. The Kier molecular flexibility index (Phi) is 2.67. The average Bonchev–Trinajstić information content (AvgIpc) is 2.54. The molecule has 4 rings (SSSR count). The van der Waals surface area contributed by atoms with Gasteiger partial charge in [-0.15, -0.1) is 0 Å². The first-order chi connectivity index (χ1) is 8.85. The third-order valence-corrected chi connectivity index (χ3v) is 5.71. The minimum atomic E-state index is -0.295. The predicted molar refractivity (Wildman–Crippen MR) is 71.1 cm³/mol. The molecule has 0 amide bonds. The monoisotopic (exact) mass is 262 g/mol. The van der Waals surface area contributed by atoms with E-state index in [0.717, 1.165) is 25.7 Å². The van der Waals surface area contributed by atoms with E-state index in [-0.39, 0.29) is 34.6 Å². The fraction of sp³-hybridized carbons (Fsp3) is 0.750. The van der Waals surface area contributed by atoms with Gasteiger partial charge in [0.1, 0.15) is 0 Å². The van der Waals surface area contributed by atoms with Gasteiger partial charge >= 0.3 is 11.9 Å². The maximum atomic E-state index is 12.0. The largest absolute Gasteiger partial charge is 0.393 e. The summed E-state index contributed by atoms with van der Waals surface area (Å²) in [5, 5.41) is 0. The average molecular weight is 262 g/mol. The second kappa shape index (κ2) is 3.94. The molecule has 3 heteroatoms. The molecular formula is C16H22O3. The molecule has 19 heavy (non-hydrogen) atoms. The molecule has 0 aromatic heterocycles. The van der Waals surface area contributed by atoms with Crippen LogP contribution in [0.15, 0.2) is 12.2 Å². The van der Waals surface area contributed by atoms with E-state index in [0.29, 0.717) is 5.92 Å². The number of allylic oxidation sites excluding steroid dienone is 2.